The second kappa shape index (κ2) is 9.45. The van der Waals surface area contributed by atoms with E-state index < -0.39 is 6.04 Å². The number of benzene rings is 3. The number of carbonyl (C=O) groups excluding carboxylic acids is 1. The zero-order chi connectivity index (χ0) is 22.7. The van der Waals surface area contributed by atoms with Gasteiger partial charge in [0.15, 0.2) is 11.5 Å². The number of nitrogens with one attached hydrogen (secondary N) is 1. The molecule has 0 spiro atoms. The van der Waals surface area contributed by atoms with Crippen LogP contribution >= 0.6 is 0 Å². The van der Waals surface area contributed by atoms with E-state index in [1.807, 2.05) is 62.4 Å². The van der Waals surface area contributed by atoms with Gasteiger partial charge in [-0.3, -0.25) is 9.69 Å². The number of methoxy groups -OCH3 is 2. The van der Waals surface area contributed by atoms with Gasteiger partial charge < -0.3 is 14.8 Å². The highest BCUT2D eigenvalue weighted by atomic mass is 16.5. The predicted octanol–water partition coefficient (Wildman–Crippen LogP) is 5.06. The lowest BCUT2D eigenvalue weighted by atomic mass is 9.95. The van der Waals surface area contributed by atoms with Gasteiger partial charge in [0.2, 0.25) is 5.91 Å². The molecule has 0 radical (unpaired) electrons. The number of hydrogen-bond donors (Lipinski definition) is 1. The van der Waals surface area contributed by atoms with Gasteiger partial charge >= 0.3 is 0 Å². The number of nitrogens with zero attached hydrogens (tertiary/aromatic N) is 1. The summed E-state index contributed by atoms with van der Waals surface area (Å²) in [6, 6.07) is 19.8. The third-order valence-corrected chi connectivity index (χ3v) is 6.13. The van der Waals surface area contributed by atoms with Crippen LogP contribution in [-0.2, 0) is 17.8 Å². The number of carbonyl (C=O) groups is 1. The van der Waals surface area contributed by atoms with E-state index >= 15 is 0 Å². The van der Waals surface area contributed by atoms with E-state index in [-0.39, 0.29) is 5.91 Å². The minimum absolute atomic E-state index is 0.0196. The Morgan fingerprint density at radius 3 is 2.31 bits per heavy atom. The Kier molecular flexibility index (Phi) is 6.47. The summed E-state index contributed by atoms with van der Waals surface area (Å²) in [7, 11) is 3.30. The van der Waals surface area contributed by atoms with Crippen molar-refractivity contribution < 1.29 is 14.3 Å². The molecule has 1 N–H and O–H groups in total. The Bertz CT molecular complexity index is 1110. The number of ether oxygens (including phenoxy) is 2. The van der Waals surface area contributed by atoms with Crippen molar-refractivity contribution in [1.82, 2.24) is 4.90 Å². The molecule has 1 unspecified atom stereocenters. The summed E-state index contributed by atoms with van der Waals surface area (Å²) >= 11 is 0. The molecule has 1 heterocycles. The number of amides is 1. The van der Waals surface area contributed by atoms with E-state index in [4.69, 9.17) is 9.47 Å². The van der Waals surface area contributed by atoms with Gasteiger partial charge in [-0.2, -0.15) is 0 Å². The first-order valence-electron chi connectivity index (χ1n) is 10.9. The summed E-state index contributed by atoms with van der Waals surface area (Å²) in [6.45, 7) is 5.49. The van der Waals surface area contributed by atoms with Gasteiger partial charge in [0, 0.05) is 18.8 Å². The van der Waals surface area contributed by atoms with Crippen LogP contribution in [0.1, 0.15) is 33.9 Å². The van der Waals surface area contributed by atoms with Crippen LogP contribution in [0, 0.1) is 13.8 Å². The zero-order valence-corrected chi connectivity index (χ0v) is 19.1. The zero-order valence-electron chi connectivity index (χ0n) is 19.1. The molecule has 0 aliphatic carbocycles. The normalized spacial score (nSPS) is 14.4. The topological polar surface area (TPSA) is 50.8 Å². The Labute approximate surface area is 190 Å². The monoisotopic (exact) mass is 430 g/mol. The standard InChI is InChI=1S/C27H30N2O3/c1-18-10-11-19(2)23(14-18)28-27(30)26(20-8-6-5-7-9-20)29-13-12-21-15-24(31-3)25(32-4)16-22(21)17-29/h5-11,14-16,26H,12-13,17H2,1-4H3,(H,28,30). The van der Waals surface area contributed by atoms with Crippen molar-refractivity contribution >= 4 is 11.6 Å². The van der Waals surface area contributed by atoms with Crippen molar-refractivity contribution in [2.24, 2.45) is 0 Å². The summed E-state index contributed by atoms with van der Waals surface area (Å²) in [5, 5.41) is 3.19. The molecule has 0 saturated heterocycles. The first-order valence-corrected chi connectivity index (χ1v) is 10.9. The van der Waals surface area contributed by atoms with Crippen LogP contribution in [0.4, 0.5) is 5.69 Å². The Morgan fingerprint density at radius 1 is 0.938 bits per heavy atom. The van der Waals surface area contributed by atoms with Gasteiger partial charge in [-0.1, -0.05) is 42.5 Å². The number of fused-ring (bicyclic) bond motifs is 1. The lowest BCUT2D eigenvalue weighted by molar-refractivity contribution is -0.122. The van der Waals surface area contributed by atoms with Crippen LogP contribution in [0.2, 0.25) is 0 Å². The predicted molar refractivity (Wildman–Crippen MR) is 127 cm³/mol. The fourth-order valence-electron chi connectivity index (χ4n) is 4.36. The maximum atomic E-state index is 13.6. The van der Waals surface area contributed by atoms with Gasteiger partial charge in [-0.15, -0.1) is 0 Å². The van der Waals surface area contributed by atoms with Crippen LogP contribution in [-0.4, -0.2) is 31.6 Å². The average molecular weight is 431 g/mol. The molecule has 1 aliphatic rings. The molecule has 166 valence electrons. The fourth-order valence-corrected chi connectivity index (χ4v) is 4.36. The van der Waals surface area contributed by atoms with Crippen molar-refractivity contribution in [3.63, 3.8) is 0 Å². The fraction of sp³-hybridized carbons (Fsp3) is 0.296. The van der Waals surface area contributed by atoms with Crippen LogP contribution in [0.15, 0.2) is 60.7 Å². The minimum Gasteiger partial charge on any atom is -0.493 e. The molecule has 32 heavy (non-hydrogen) atoms. The molecule has 0 aromatic heterocycles. The third-order valence-electron chi connectivity index (χ3n) is 6.13. The molecule has 3 aromatic carbocycles. The lowest BCUT2D eigenvalue weighted by Gasteiger charge is -2.35. The van der Waals surface area contributed by atoms with Crippen molar-refractivity contribution in [3.8, 4) is 11.5 Å². The van der Waals surface area contributed by atoms with E-state index in [2.05, 4.69) is 22.3 Å². The van der Waals surface area contributed by atoms with Crippen LogP contribution in [0.5, 0.6) is 11.5 Å². The highest BCUT2D eigenvalue weighted by Gasteiger charge is 2.31. The van der Waals surface area contributed by atoms with E-state index in [9.17, 15) is 4.79 Å². The summed E-state index contributed by atoms with van der Waals surface area (Å²) in [6.07, 6.45) is 0.843. The number of anilines is 1. The van der Waals surface area contributed by atoms with E-state index in [0.717, 1.165) is 46.7 Å². The summed E-state index contributed by atoms with van der Waals surface area (Å²) < 4.78 is 11.0. The maximum absolute atomic E-state index is 13.6. The summed E-state index contributed by atoms with van der Waals surface area (Å²) in [5.41, 5.74) is 6.42. The molecule has 4 rings (SSSR count). The quantitative estimate of drug-likeness (QED) is 0.594. The maximum Gasteiger partial charge on any atom is 0.246 e. The van der Waals surface area contributed by atoms with Gasteiger partial charge in [0.1, 0.15) is 6.04 Å². The highest BCUT2D eigenvalue weighted by molar-refractivity contribution is 5.96. The summed E-state index contributed by atoms with van der Waals surface area (Å²) in [5.74, 6) is 1.44. The Hall–Kier alpha value is -3.31. The largest absolute Gasteiger partial charge is 0.493 e. The van der Waals surface area contributed by atoms with Gasteiger partial charge in [0.05, 0.1) is 14.2 Å². The molecule has 1 aliphatic heterocycles. The smallest absolute Gasteiger partial charge is 0.246 e. The number of aryl methyl sites for hydroxylation is 2. The molecule has 0 fully saturated rings. The van der Waals surface area contributed by atoms with Crippen molar-refractivity contribution in [2.75, 3.05) is 26.1 Å². The van der Waals surface area contributed by atoms with Gasteiger partial charge in [-0.05, 0) is 66.3 Å². The first kappa shape index (κ1) is 21.9. The average Bonchev–Trinajstić information content (AvgIpc) is 2.81. The van der Waals surface area contributed by atoms with E-state index in [1.165, 1.54) is 5.56 Å². The number of rotatable bonds is 6. The molecule has 3 aromatic rings. The molecular weight excluding hydrogens is 400 g/mol. The van der Waals surface area contributed by atoms with E-state index in [0.29, 0.717) is 12.3 Å². The van der Waals surface area contributed by atoms with Crippen molar-refractivity contribution in [1.29, 1.82) is 0 Å². The van der Waals surface area contributed by atoms with Crippen molar-refractivity contribution in [2.45, 2.75) is 32.9 Å². The Balaban J connectivity index is 1.66. The van der Waals surface area contributed by atoms with Crippen LogP contribution in [0.25, 0.3) is 0 Å². The molecule has 1 amide bonds. The first-order chi connectivity index (χ1) is 15.5. The SMILES string of the molecule is COc1cc2c(cc1OC)CN(C(C(=O)Nc1cc(C)ccc1C)c1ccccc1)CC2. The second-order valence-corrected chi connectivity index (χ2v) is 8.32. The molecule has 5 heteroatoms. The minimum atomic E-state index is -0.391. The molecule has 0 bridgehead atoms. The van der Waals surface area contributed by atoms with Crippen molar-refractivity contribution in [3.05, 3.63) is 88.5 Å². The lowest BCUT2D eigenvalue weighted by Crippen LogP contribution is -2.40. The highest BCUT2D eigenvalue weighted by Crippen LogP contribution is 2.36. The molecule has 0 saturated carbocycles. The third kappa shape index (κ3) is 4.48. The van der Waals surface area contributed by atoms with Gasteiger partial charge in [0.25, 0.3) is 0 Å². The molecule has 1 atom stereocenters. The van der Waals surface area contributed by atoms with E-state index in [1.54, 1.807) is 14.2 Å². The number of hydrogen-bond acceptors (Lipinski definition) is 4. The van der Waals surface area contributed by atoms with Crippen LogP contribution in [0.3, 0.4) is 0 Å². The Morgan fingerprint density at radius 2 is 1.62 bits per heavy atom. The van der Waals surface area contributed by atoms with Gasteiger partial charge in [-0.25, -0.2) is 0 Å². The van der Waals surface area contributed by atoms with Crippen LogP contribution < -0.4 is 14.8 Å². The molecule has 5 nitrogen and oxygen atoms in total. The summed E-state index contributed by atoms with van der Waals surface area (Å²) in [4.78, 5) is 15.9. The second-order valence-electron chi connectivity index (χ2n) is 8.32. The molecular formula is C27H30N2O3.